The second-order valence-electron chi connectivity index (χ2n) is 6.05. The van der Waals surface area contributed by atoms with Crippen LogP contribution >= 0.6 is 0 Å². The van der Waals surface area contributed by atoms with Crippen molar-refractivity contribution < 1.29 is 0 Å². The molecule has 106 valence electrons. The second kappa shape index (κ2) is 6.53. The predicted octanol–water partition coefficient (Wildman–Crippen LogP) is 3.22. The molecule has 1 saturated heterocycles. The number of benzene rings is 1. The fraction of sp³-hybridized carbons (Fsp3) is 0.647. The van der Waals surface area contributed by atoms with Crippen molar-refractivity contribution in [2.24, 2.45) is 5.73 Å². The molecule has 1 aliphatic heterocycles. The highest BCUT2D eigenvalue weighted by Crippen LogP contribution is 2.28. The first-order chi connectivity index (χ1) is 9.13. The molecule has 2 unspecified atom stereocenters. The predicted molar refractivity (Wildman–Crippen MR) is 82.6 cm³/mol. The fourth-order valence-electron chi connectivity index (χ4n) is 3.38. The highest BCUT2D eigenvalue weighted by atomic mass is 15.2. The van der Waals surface area contributed by atoms with Gasteiger partial charge in [0.25, 0.3) is 0 Å². The van der Waals surface area contributed by atoms with Crippen LogP contribution in [-0.2, 0) is 0 Å². The summed E-state index contributed by atoms with van der Waals surface area (Å²) in [6, 6.07) is 7.27. The number of hydrogen-bond acceptors (Lipinski definition) is 2. The molecule has 2 N–H and O–H groups in total. The molecule has 2 heteroatoms. The lowest BCUT2D eigenvalue weighted by atomic mass is 9.87. The summed E-state index contributed by atoms with van der Waals surface area (Å²) in [5.41, 5.74) is 10.3. The monoisotopic (exact) mass is 260 g/mol. The van der Waals surface area contributed by atoms with Crippen LogP contribution in [0, 0.1) is 13.8 Å². The Hall–Kier alpha value is -0.860. The molecule has 1 aliphatic rings. The van der Waals surface area contributed by atoms with Crippen molar-refractivity contribution in [1.82, 2.24) is 4.90 Å². The molecule has 0 bridgehead atoms. The molecule has 0 radical (unpaired) electrons. The van der Waals surface area contributed by atoms with Crippen LogP contribution in [0.15, 0.2) is 18.2 Å². The van der Waals surface area contributed by atoms with Gasteiger partial charge in [-0.3, -0.25) is 4.90 Å². The van der Waals surface area contributed by atoms with Crippen LogP contribution in [0.3, 0.4) is 0 Å². The topological polar surface area (TPSA) is 29.3 Å². The van der Waals surface area contributed by atoms with Crippen molar-refractivity contribution >= 4 is 0 Å². The van der Waals surface area contributed by atoms with Crippen molar-refractivity contribution in [3.8, 4) is 0 Å². The van der Waals surface area contributed by atoms with Gasteiger partial charge in [-0.1, -0.05) is 37.1 Å². The third-order valence-electron chi connectivity index (χ3n) is 4.60. The Morgan fingerprint density at radius 3 is 2.47 bits per heavy atom. The average molecular weight is 260 g/mol. The van der Waals surface area contributed by atoms with Crippen molar-refractivity contribution in [2.75, 3.05) is 19.6 Å². The summed E-state index contributed by atoms with van der Waals surface area (Å²) in [7, 11) is 0. The van der Waals surface area contributed by atoms with E-state index in [1.807, 2.05) is 0 Å². The summed E-state index contributed by atoms with van der Waals surface area (Å²) in [6.45, 7) is 9.93. The van der Waals surface area contributed by atoms with E-state index >= 15 is 0 Å². The molecule has 1 aromatic carbocycles. The number of nitrogens with zero attached hydrogens (tertiary/aromatic N) is 1. The summed E-state index contributed by atoms with van der Waals surface area (Å²) in [6.07, 6.45) is 4.04. The van der Waals surface area contributed by atoms with E-state index in [2.05, 4.69) is 43.9 Å². The largest absolute Gasteiger partial charge is 0.329 e. The van der Waals surface area contributed by atoms with Gasteiger partial charge in [0.05, 0.1) is 0 Å². The Bertz CT molecular complexity index is 408. The SMILES string of the molecule is Cc1ccc(C)c(C(C)C(CN)N2CCCCC2)c1. The Balaban J connectivity index is 2.19. The maximum absolute atomic E-state index is 6.09. The van der Waals surface area contributed by atoms with E-state index in [0.717, 1.165) is 6.54 Å². The van der Waals surface area contributed by atoms with Crippen LogP contribution in [0.1, 0.15) is 48.8 Å². The zero-order valence-corrected chi connectivity index (χ0v) is 12.7. The highest BCUT2D eigenvalue weighted by molar-refractivity contribution is 5.34. The van der Waals surface area contributed by atoms with Gasteiger partial charge in [0, 0.05) is 12.6 Å². The molecule has 0 amide bonds. The molecule has 0 spiro atoms. The maximum Gasteiger partial charge on any atom is 0.0284 e. The van der Waals surface area contributed by atoms with Gasteiger partial charge in [-0.05, 0) is 56.8 Å². The smallest absolute Gasteiger partial charge is 0.0284 e. The van der Waals surface area contributed by atoms with Gasteiger partial charge >= 0.3 is 0 Å². The van der Waals surface area contributed by atoms with Gasteiger partial charge in [0.1, 0.15) is 0 Å². The van der Waals surface area contributed by atoms with E-state index < -0.39 is 0 Å². The van der Waals surface area contributed by atoms with E-state index in [0.29, 0.717) is 12.0 Å². The summed E-state index contributed by atoms with van der Waals surface area (Å²) in [5, 5.41) is 0. The minimum absolute atomic E-state index is 0.487. The average Bonchev–Trinajstić information content (AvgIpc) is 2.43. The molecule has 0 aliphatic carbocycles. The third kappa shape index (κ3) is 3.37. The molecule has 1 heterocycles. The summed E-state index contributed by atoms with van der Waals surface area (Å²) in [5.74, 6) is 0.517. The molecule has 1 aromatic rings. The van der Waals surface area contributed by atoms with Crippen molar-refractivity contribution in [3.63, 3.8) is 0 Å². The third-order valence-corrected chi connectivity index (χ3v) is 4.60. The van der Waals surface area contributed by atoms with Gasteiger partial charge < -0.3 is 5.73 Å². The normalized spacial score (nSPS) is 20.2. The summed E-state index contributed by atoms with van der Waals surface area (Å²) >= 11 is 0. The first-order valence-electron chi connectivity index (χ1n) is 7.64. The van der Waals surface area contributed by atoms with Crippen LogP contribution in [0.4, 0.5) is 0 Å². The van der Waals surface area contributed by atoms with E-state index in [4.69, 9.17) is 5.73 Å². The van der Waals surface area contributed by atoms with E-state index in [1.165, 1.54) is 49.0 Å². The van der Waals surface area contributed by atoms with Gasteiger partial charge in [-0.25, -0.2) is 0 Å². The molecule has 19 heavy (non-hydrogen) atoms. The van der Waals surface area contributed by atoms with E-state index in [1.54, 1.807) is 0 Å². The Morgan fingerprint density at radius 1 is 1.16 bits per heavy atom. The maximum atomic E-state index is 6.09. The Morgan fingerprint density at radius 2 is 1.84 bits per heavy atom. The quantitative estimate of drug-likeness (QED) is 0.900. The van der Waals surface area contributed by atoms with Gasteiger partial charge in [-0.2, -0.15) is 0 Å². The van der Waals surface area contributed by atoms with Gasteiger partial charge in [-0.15, -0.1) is 0 Å². The molecule has 2 atom stereocenters. The highest BCUT2D eigenvalue weighted by Gasteiger charge is 2.26. The number of likely N-dealkylation sites (tertiary alicyclic amines) is 1. The number of nitrogens with two attached hydrogens (primary N) is 1. The lowest BCUT2D eigenvalue weighted by molar-refractivity contribution is 0.149. The molecule has 1 fully saturated rings. The first-order valence-corrected chi connectivity index (χ1v) is 7.64. The number of rotatable bonds is 4. The molecule has 0 aromatic heterocycles. The second-order valence-corrected chi connectivity index (χ2v) is 6.05. The van der Waals surface area contributed by atoms with Crippen LogP contribution in [0.25, 0.3) is 0 Å². The number of aryl methyl sites for hydroxylation is 2. The minimum atomic E-state index is 0.487. The Kier molecular flexibility index (Phi) is 5.00. The van der Waals surface area contributed by atoms with Crippen LogP contribution < -0.4 is 5.73 Å². The molecular formula is C17H28N2. The van der Waals surface area contributed by atoms with Gasteiger partial charge in [0.2, 0.25) is 0 Å². The fourth-order valence-corrected chi connectivity index (χ4v) is 3.38. The molecule has 2 nitrogen and oxygen atoms in total. The zero-order chi connectivity index (χ0) is 13.8. The Labute approximate surface area is 118 Å². The molecule has 0 saturated carbocycles. The standard InChI is InChI=1S/C17H28N2/c1-13-7-8-14(2)16(11-13)15(3)17(12-18)19-9-5-4-6-10-19/h7-8,11,15,17H,4-6,9-10,12,18H2,1-3H3. The molecular weight excluding hydrogens is 232 g/mol. The van der Waals surface area contributed by atoms with E-state index in [-0.39, 0.29) is 0 Å². The number of piperidine rings is 1. The van der Waals surface area contributed by atoms with Crippen LogP contribution in [-0.4, -0.2) is 30.6 Å². The van der Waals surface area contributed by atoms with Crippen LogP contribution in [0.2, 0.25) is 0 Å². The van der Waals surface area contributed by atoms with Gasteiger partial charge in [0.15, 0.2) is 0 Å². The lowest BCUT2D eigenvalue weighted by Crippen LogP contribution is -2.46. The van der Waals surface area contributed by atoms with Crippen molar-refractivity contribution in [1.29, 1.82) is 0 Å². The van der Waals surface area contributed by atoms with Crippen molar-refractivity contribution in [2.45, 2.75) is 52.0 Å². The zero-order valence-electron chi connectivity index (χ0n) is 12.7. The summed E-state index contributed by atoms with van der Waals surface area (Å²) in [4.78, 5) is 2.61. The first kappa shape index (κ1) is 14.5. The minimum Gasteiger partial charge on any atom is -0.329 e. The molecule has 2 rings (SSSR count). The van der Waals surface area contributed by atoms with Crippen LogP contribution in [0.5, 0.6) is 0 Å². The van der Waals surface area contributed by atoms with Crippen molar-refractivity contribution in [3.05, 3.63) is 34.9 Å². The lowest BCUT2D eigenvalue weighted by Gasteiger charge is -2.38. The summed E-state index contributed by atoms with van der Waals surface area (Å²) < 4.78 is 0. The number of hydrogen-bond donors (Lipinski definition) is 1. The van der Waals surface area contributed by atoms with E-state index in [9.17, 15) is 0 Å².